The van der Waals surface area contributed by atoms with Gasteiger partial charge in [0.15, 0.2) is 0 Å². The molecule has 1 aliphatic heterocycles. The van der Waals surface area contributed by atoms with E-state index in [1.165, 1.54) is 6.07 Å². The van der Waals surface area contributed by atoms with E-state index in [1.807, 2.05) is 24.3 Å². The van der Waals surface area contributed by atoms with Crippen LogP contribution in [-0.4, -0.2) is 11.7 Å². The molecular formula is C16H14BrFO2. The van der Waals surface area contributed by atoms with Gasteiger partial charge in [0, 0.05) is 21.5 Å². The van der Waals surface area contributed by atoms with Gasteiger partial charge in [-0.05, 0) is 30.7 Å². The van der Waals surface area contributed by atoms with Gasteiger partial charge in [-0.25, -0.2) is 4.39 Å². The largest absolute Gasteiger partial charge is 0.493 e. The van der Waals surface area contributed by atoms with Gasteiger partial charge in [-0.3, -0.25) is 0 Å². The molecule has 2 nitrogen and oxygen atoms in total. The van der Waals surface area contributed by atoms with Crippen LogP contribution in [0.3, 0.4) is 0 Å². The van der Waals surface area contributed by atoms with Crippen molar-refractivity contribution in [1.82, 2.24) is 0 Å². The van der Waals surface area contributed by atoms with Gasteiger partial charge in [-0.15, -0.1) is 0 Å². The number of hydrogen-bond donors (Lipinski definition) is 1. The Hall–Kier alpha value is -1.39. The Labute approximate surface area is 125 Å². The van der Waals surface area contributed by atoms with Crippen molar-refractivity contribution in [3.05, 3.63) is 63.9 Å². The lowest BCUT2D eigenvalue weighted by Gasteiger charge is -2.30. The van der Waals surface area contributed by atoms with Crippen molar-refractivity contribution in [2.75, 3.05) is 6.61 Å². The van der Waals surface area contributed by atoms with E-state index in [0.29, 0.717) is 18.6 Å². The molecule has 0 spiro atoms. The molecule has 4 heteroatoms. The predicted octanol–water partition coefficient (Wildman–Crippen LogP) is 4.19. The van der Waals surface area contributed by atoms with Gasteiger partial charge in [0.1, 0.15) is 11.6 Å². The van der Waals surface area contributed by atoms with Crippen LogP contribution in [0.25, 0.3) is 0 Å². The van der Waals surface area contributed by atoms with Crippen LogP contribution in [0.5, 0.6) is 5.75 Å². The second-order valence-corrected chi connectivity index (χ2v) is 5.81. The Bertz CT molecular complexity index is 630. The third-order valence-electron chi connectivity index (χ3n) is 3.66. The molecule has 0 amide bonds. The van der Waals surface area contributed by atoms with Gasteiger partial charge in [0.05, 0.1) is 12.7 Å². The number of ether oxygens (including phenoxy) is 1. The average Bonchev–Trinajstić information content (AvgIpc) is 2.48. The van der Waals surface area contributed by atoms with Crippen LogP contribution in [0.4, 0.5) is 4.39 Å². The number of aliphatic hydroxyl groups excluding tert-OH is 1. The zero-order valence-electron chi connectivity index (χ0n) is 10.7. The molecule has 1 N–H and O–H groups in total. The maximum atomic E-state index is 13.9. The molecule has 3 rings (SSSR count). The van der Waals surface area contributed by atoms with Crippen LogP contribution in [-0.2, 0) is 0 Å². The van der Waals surface area contributed by atoms with E-state index in [2.05, 4.69) is 15.9 Å². The van der Waals surface area contributed by atoms with Crippen LogP contribution in [0.15, 0.2) is 46.9 Å². The maximum absolute atomic E-state index is 13.9. The molecule has 2 atom stereocenters. The minimum absolute atomic E-state index is 0.149. The van der Waals surface area contributed by atoms with E-state index in [1.54, 1.807) is 12.1 Å². The quantitative estimate of drug-likeness (QED) is 0.891. The van der Waals surface area contributed by atoms with Gasteiger partial charge < -0.3 is 9.84 Å². The summed E-state index contributed by atoms with van der Waals surface area (Å²) in [5, 5.41) is 10.6. The number of benzene rings is 2. The second kappa shape index (κ2) is 5.54. The van der Waals surface area contributed by atoms with Crippen LogP contribution < -0.4 is 4.74 Å². The second-order valence-electron chi connectivity index (χ2n) is 4.89. The summed E-state index contributed by atoms with van der Waals surface area (Å²) in [7, 11) is 0. The Morgan fingerprint density at radius 2 is 2.05 bits per heavy atom. The smallest absolute Gasteiger partial charge is 0.129 e. The minimum atomic E-state index is -0.877. The number of hydrogen-bond acceptors (Lipinski definition) is 2. The van der Waals surface area contributed by atoms with Crippen molar-refractivity contribution in [1.29, 1.82) is 0 Å². The van der Waals surface area contributed by atoms with Crippen molar-refractivity contribution in [3.63, 3.8) is 0 Å². The first-order valence-corrected chi connectivity index (χ1v) is 7.31. The summed E-state index contributed by atoms with van der Waals surface area (Å²) < 4.78 is 20.3. The first-order valence-electron chi connectivity index (χ1n) is 6.51. The Kier molecular flexibility index (Phi) is 3.76. The zero-order chi connectivity index (χ0) is 14.1. The summed E-state index contributed by atoms with van der Waals surface area (Å²) in [6.07, 6.45) is -0.207. The fraction of sp³-hybridized carbons (Fsp3) is 0.250. The summed E-state index contributed by atoms with van der Waals surface area (Å²) >= 11 is 3.32. The van der Waals surface area contributed by atoms with E-state index in [0.717, 1.165) is 15.8 Å². The topological polar surface area (TPSA) is 29.5 Å². The Balaban J connectivity index is 1.99. The highest BCUT2D eigenvalue weighted by Gasteiger charge is 2.30. The molecular weight excluding hydrogens is 323 g/mol. The van der Waals surface area contributed by atoms with E-state index in [9.17, 15) is 9.50 Å². The Morgan fingerprint density at radius 1 is 1.25 bits per heavy atom. The molecule has 2 aromatic rings. The van der Waals surface area contributed by atoms with Crippen molar-refractivity contribution in [3.8, 4) is 5.75 Å². The molecule has 2 aromatic carbocycles. The van der Waals surface area contributed by atoms with Crippen LogP contribution in [0, 0.1) is 5.82 Å². The number of rotatable bonds is 2. The molecule has 0 saturated heterocycles. The highest BCUT2D eigenvalue weighted by Crippen LogP contribution is 2.42. The summed E-state index contributed by atoms with van der Waals surface area (Å²) in [6, 6.07) is 12.2. The lowest BCUT2D eigenvalue weighted by Crippen LogP contribution is -2.20. The standard InChI is InChI=1S/C16H14BrFO2/c17-10-5-6-14(18)13(9-10)16(19)12-7-8-20-15-4-2-1-3-11(12)15/h1-6,9,12,16,19H,7-8H2. The number of aliphatic hydroxyl groups is 1. The van der Waals surface area contributed by atoms with Gasteiger partial charge >= 0.3 is 0 Å². The molecule has 104 valence electrons. The molecule has 1 aliphatic rings. The van der Waals surface area contributed by atoms with Crippen molar-refractivity contribution >= 4 is 15.9 Å². The first kappa shape index (κ1) is 13.6. The van der Waals surface area contributed by atoms with Crippen LogP contribution in [0.1, 0.15) is 29.6 Å². The van der Waals surface area contributed by atoms with Crippen molar-refractivity contribution in [2.45, 2.75) is 18.4 Å². The fourth-order valence-electron chi connectivity index (χ4n) is 2.66. The fourth-order valence-corrected chi connectivity index (χ4v) is 3.03. The normalized spacial score (nSPS) is 19.1. The van der Waals surface area contributed by atoms with Crippen molar-refractivity contribution in [2.24, 2.45) is 0 Å². The molecule has 1 heterocycles. The minimum Gasteiger partial charge on any atom is -0.493 e. The van der Waals surface area contributed by atoms with Crippen LogP contribution in [0.2, 0.25) is 0 Å². The summed E-state index contributed by atoms with van der Waals surface area (Å²) in [5.74, 6) is 0.242. The third kappa shape index (κ3) is 2.45. The summed E-state index contributed by atoms with van der Waals surface area (Å²) in [5.41, 5.74) is 1.26. The Morgan fingerprint density at radius 3 is 2.90 bits per heavy atom. The number of para-hydroxylation sites is 1. The summed E-state index contributed by atoms with van der Waals surface area (Å²) in [6.45, 7) is 0.536. The van der Waals surface area contributed by atoms with Crippen LogP contribution >= 0.6 is 15.9 Å². The van der Waals surface area contributed by atoms with Gasteiger partial charge in [-0.2, -0.15) is 0 Å². The average molecular weight is 337 g/mol. The van der Waals surface area contributed by atoms with Gasteiger partial charge in [0.25, 0.3) is 0 Å². The molecule has 0 radical (unpaired) electrons. The molecule has 20 heavy (non-hydrogen) atoms. The number of halogens is 2. The molecule has 0 bridgehead atoms. The highest BCUT2D eigenvalue weighted by atomic mass is 79.9. The van der Waals surface area contributed by atoms with E-state index < -0.39 is 6.10 Å². The molecule has 0 aliphatic carbocycles. The maximum Gasteiger partial charge on any atom is 0.129 e. The summed E-state index contributed by atoms with van der Waals surface area (Å²) in [4.78, 5) is 0. The first-order chi connectivity index (χ1) is 9.66. The van der Waals surface area contributed by atoms with E-state index >= 15 is 0 Å². The van der Waals surface area contributed by atoms with E-state index in [4.69, 9.17) is 4.74 Å². The lowest BCUT2D eigenvalue weighted by atomic mass is 9.85. The molecule has 0 saturated carbocycles. The molecule has 0 fully saturated rings. The number of fused-ring (bicyclic) bond motifs is 1. The molecule has 2 unspecified atom stereocenters. The lowest BCUT2D eigenvalue weighted by molar-refractivity contribution is 0.114. The SMILES string of the molecule is OC(c1cc(Br)ccc1F)C1CCOc2ccccc21. The van der Waals surface area contributed by atoms with E-state index in [-0.39, 0.29) is 11.7 Å². The zero-order valence-corrected chi connectivity index (χ0v) is 12.3. The monoisotopic (exact) mass is 336 g/mol. The third-order valence-corrected chi connectivity index (χ3v) is 4.16. The van der Waals surface area contributed by atoms with Crippen molar-refractivity contribution < 1.29 is 14.2 Å². The highest BCUT2D eigenvalue weighted by molar-refractivity contribution is 9.10. The molecule has 0 aromatic heterocycles. The predicted molar refractivity (Wildman–Crippen MR) is 78.4 cm³/mol. The van der Waals surface area contributed by atoms with Gasteiger partial charge in [0.2, 0.25) is 0 Å². The van der Waals surface area contributed by atoms with Gasteiger partial charge in [-0.1, -0.05) is 34.1 Å².